The van der Waals surface area contributed by atoms with Crippen LogP contribution in [0.15, 0.2) is 34.9 Å². The molecular weight excluding hydrogens is 323 g/mol. The first-order chi connectivity index (χ1) is 12.1. The van der Waals surface area contributed by atoms with Crippen molar-refractivity contribution < 1.29 is 13.7 Å². The minimum absolute atomic E-state index is 0.0204. The van der Waals surface area contributed by atoms with Gasteiger partial charge in [0, 0.05) is 38.9 Å². The molecule has 2 aromatic rings. The van der Waals surface area contributed by atoms with Crippen LogP contribution in [-0.2, 0) is 12.1 Å². The molecule has 2 heterocycles. The van der Waals surface area contributed by atoms with Crippen LogP contribution in [0.3, 0.4) is 0 Å². The Bertz CT molecular complexity index is 696. The summed E-state index contributed by atoms with van der Waals surface area (Å²) in [5.74, 6) is 0.494. The quantitative estimate of drug-likeness (QED) is 0.903. The molecule has 134 valence electrons. The van der Waals surface area contributed by atoms with Gasteiger partial charge >= 0.3 is 6.03 Å². The van der Waals surface area contributed by atoms with E-state index >= 15 is 4.39 Å². The number of piperidine rings is 1. The number of urea groups is 1. The van der Waals surface area contributed by atoms with E-state index in [0.717, 1.165) is 12.0 Å². The maximum Gasteiger partial charge on any atom is 0.317 e. The molecule has 7 heteroatoms. The summed E-state index contributed by atoms with van der Waals surface area (Å²) in [4.78, 5) is 17.8. The first kappa shape index (κ1) is 17.4. The SMILES string of the molecule is CCCNC(=O)N1CCC(F)(c2nc(Cc3ccccc3)no2)CC1. The van der Waals surface area contributed by atoms with Gasteiger partial charge in [-0.1, -0.05) is 42.4 Å². The third-order valence-corrected chi connectivity index (χ3v) is 4.43. The second-order valence-corrected chi connectivity index (χ2v) is 6.36. The number of halogens is 1. The number of aromatic nitrogens is 2. The molecule has 25 heavy (non-hydrogen) atoms. The van der Waals surface area contributed by atoms with E-state index in [1.165, 1.54) is 0 Å². The molecule has 1 N–H and O–H groups in total. The summed E-state index contributed by atoms with van der Waals surface area (Å²) in [6.45, 7) is 3.29. The Kier molecular flexibility index (Phi) is 5.31. The number of hydrogen-bond acceptors (Lipinski definition) is 4. The summed E-state index contributed by atoms with van der Waals surface area (Å²) >= 11 is 0. The summed E-state index contributed by atoms with van der Waals surface area (Å²) < 4.78 is 20.4. The smallest absolute Gasteiger partial charge is 0.317 e. The number of rotatable bonds is 5. The van der Waals surface area contributed by atoms with Crippen LogP contribution in [0.25, 0.3) is 0 Å². The van der Waals surface area contributed by atoms with Crippen LogP contribution in [0, 0.1) is 0 Å². The molecule has 0 aliphatic carbocycles. The minimum Gasteiger partial charge on any atom is -0.338 e. The van der Waals surface area contributed by atoms with Crippen LogP contribution in [-0.4, -0.2) is 40.7 Å². The van der Waals surface area contributed by atoms with Crippen molar-refractivity contribution in [2.24, 2.45) is 0 Å². The van der Waals surface area contributed by atoms with Crippen LogP contribution in [0.1, 0.15) is 43.5 Å². The highest BCUT2D eigenvalue weighted by molar-refractivity contribution is 5.74. The van der Waals surface area contributed by atoms with Crippen molar-refractivity contribution in [3.05, 3.63) is 47.6 Å². The van der Waals surface area contributed by atoms with Gasteiger partial charge in [-0.3, -0.25) is 0 Å². The van der Waals surface area contributed by atoms with Gasteiger partial charge in [-0.25, -0.2) is 9.18 Å². The number of hydrogen-bond donors (Lipinski definition) is 1. The summed E-state index contributed by atoms with van der Waals surface area (Å²) in [6.07, 6.45) is 1.71. The highest BCUT2D eigenvalue weighted by Crippen LogP contribution is 2.36. The maximum atomic E-state index is 15.2. The van der Waals surface area contributed by atoms with Crippen LogP contribution in [0.2, 0.25) is 0 Å². The average Bonchev–Trinajstić information content (AvgIpc) is 3.10. The Labute approximate surface area is 146 Å². The second kappa shape index (κ2) is 7.63. The lowest BCUT2D eigenvalue weighted by Crippen LogP contribution is -2.47. The molecule has 1 aliphatic rings. The summed E-state index contributed by atoms with van der Waals surface area (Å²) in [5.41, 5.74) is -0.617. The van der Waals surface area contributed by atoms with Gasteiger partial charge in [0.1, 0.15) is 0 Å². The van der Waals surface area contributed by atoms with Gasteiger partial charge in [0.25, 0.3) is 5.89 Å². The van der Waals surface area contributed by atoms with E-state index < -0.39 is 5.67 Å². The van der Waals surface area contributed by atoms with E-state index in [4.69, 9.17) is 4.52 Å². The van der Waals surface area contributed by atoms with Gasteiger partial charge in [0.05, 0.1) is 0 Å². The van der Waals surface area contributed by atoms with Gasteiger partial charge in [0.2, 0.25) is 0 Å². The Morgan fingerprint density at radius 2 is 2.04 bits per heavy atom. The molecule has 3 rings (SSSR count). The van der Waals surface area contributed by atoms with E-state index in [1.54, 1.807) is 4.90 Å². The summed E-state index contributed by atoms with van der Waals surface area (Å²) in [7, 11) is 0. The lowest BCUT2D eigenvalue weighted by molar-refractivity contribution is 0.0391. The fourth-order valence-corrected chi connectivity index (χ4v) is 2.91. The number of alkyl halides is 1. The lowest BCUT2D eigenvalue weighted by atomic mass is 9.93. The average molecular weight is 346 g/mol. The predicted octanol–water partition coefficient (Wildman–Crippen LogP) is 3.04. The number of amides is 2. The molecule has 1 aliphatic heterocycles. The molecule has 2 amide bonds. The molecule has 0 spiro atoms. The number of nitrogens with zero attached hydrogens (tertiary/aromatic N) is 3. The van der Waals surface area contributed by atoms with Crippen molar-refractivity contribution in [1.29, 1.82) is 0 Å². The van der Waals surface area contributed by atoms with Gasteiger partial charge in [0.15, 0.2) is 11.5 Å². The molecule has 0 radical (unpaired) electrons. The fraction of sp³-hybridized carbons (Fsp3) is 0.500. The number of likely N-dealkylation sites (tertiary alicyclic amines) is 1. The fourth-order valence-electron chi connectivity index (χ4n) is 2.91. The van der Waals surface area contributed by atoms with E-state index in [2.05, 4.69) is 15.5 Å². The highest BCUT2D eigenvalue weighted by atomic mass is 19.1. The molecule has 0 unspecified atom stereocenters. The molecule has 0 atom stereocenters. The van der Waals surface area contributed by atoms with Gasteiger partial charge in [-0.15, -0.1) is 0 Å². The molecular formula is C18H23FN4O2. The van der Waals surface area contributed by atoms with Crippen molar-refractivity contribution in [3.63, 3.8) is 0 Å². The van der Waals surface area contributed by atoms with Crippen molar-refractivity contribution in [2.45, 2.75) is 38.3 Å². The third kappa shape index (κ3) is 4.15. The zero-order valence-corrected chi connectivity index (χ0v) is 14.4. The number of carbonyl (C=O) groups excluding carboxylic acids is 1. The van der Waals surface area contributed by atoms with Gasteiger partial charge < -0.3 is 14.7 Å². The first-order valence-corrected chi connectivity index (χ1v) is 8.69. The molecule has 1 aromatic heterocycles. The van der Waals surface area contributed by atoms with Crippen molar-refractivity contribution in [2.75, 3.05) is 19.6 Å². The standard InChI is InChI=1S/C18H23FN4O2/c1-2-10-20-17(24)23-11-8-18(19,9-12-23)16-21-15(22-25-16)13-14-6-4-3-5-7-14/h3-7H,2,8-13H2,1H3,(H,20,24). The predicted molar refractivity (Wildman–Crippen MR) is 90.8 cm³/mol. The molecule has 1 saturated heterocycles. The van der Waals surface area contributed by atoms with Crippen molar-refractivity contribution in [1.82, 2.24) is 20.4 Å². The normalized spacial score (nSPS) is 16.6. The zero-order chi connectivity index (χ0) is 17.7. The second-order valence-electron chi connectivity index (χ2n) is 6.36. The van der Waals surface area contributed by atoms with E-state index in [-0.39, 0.29) is 24.8 Å². The van der Waals surface area contributed by atoms with Crippen LogP contribution >= 0.6 is 0 Å². The van der Waals surface area contributed by atoms with Crippen LogP contribution in [0.5, 0.6) is 0 Å². The van der Waals surface area contributed by atoms with Crippen molar-refractivity contribution >= 4 is 6.03 Å². The van der Waals surface area contributed by atoms with Gasteiger partial charge in [-0.2, -0.15) is 4.98 Å². The van der Waals surface area contributed by atoms with Gasteiger partial charge in [-0.05, 0) is 12.0 Å². The molecule has 6 nitrogen and oxygen atoms in total. The molecule has 1 aromatic carbocycles. The minimum atomic E-state index is -1.66. The van der Waals surface area contributed by atoms with E-state index in [0.29, 0.717) is 31.9 Å². The highest BCUT2D eigenvalue weighted by Gasteiger charge is 2.42. The Morgan fingerprint density at radius 1 is 1.32 bits per heavy atom. The lowest BCUT2D eigenvalue weighted by Gasteiger charge is -2.34. The topological polar surface area (TPSA) is 71.3 Å². The van der Waals surface area contributed by atoms with Crippen LogP contribution < -0.4 is 5.32 Å². The first-order valence-electron chi connectivity index (χ1n) is 8.69. The molecule has 1 fully saturated rings. The van der Waals surface area contributed by atoms with E-state index in [9.17, 15) is 4.79 Å². The van der Waals surface area contributed by atoms with E-state index in [1.807, 2.05) is 37.3 Å². The largest absolute Gasteiger partial charge is 0.338 e. The molecule has 0 bridgehead atoms. The Hall–Kier alpha value is -2.44. The summed E-state index contributed by atoms with van der Waals surface area (Å²) in [6, 6.07) is 9.60. The number of carbonyl (C=O) groups is 1. The van der Waals surface area contributed by atoms with Crippen molar-refractivity contribution in [3.8, 4) is 0 Å². The number of nitrogens with one attached hydrogen (secondary N) is 1. The Balaban J connectivity index is 1.60. The maximum absolute atomic E-state index is 15.2. The monoisotopic (exact) mass is 346 g/mol. The van der Waals surface area contributed by atoms with Crippen LogP contribution in [0.4, 0.5) is 9.18 Å². The Morgan fingerprint density at radius 3 is 2.72 bits per heavy atom. The zero-order valence-electron chi connectivity index (χ0n) is 14.4. The third-order valence-electron chi connectivity index (χ3n) is 4.43. The molecule has 0 saturated carbocycles. The number of benzene rings is 1. The summed E-state index contributed by atoms with van der Waals surface area (Å²) in [5, 5.41) is 6.72.